The lowest BCUT2D eigenvalue weighted by Crippen LogP contribution is -1.97. The van der Waals surface area contributed by atoms with E-state index in [1.165, 1.54) is 12.1 Å². The number of aromatic nitrogens is 1. The molecule has 1 aromatic carbocycles. The van der Waals surface area contributed by atoms with Crippen LogP contribution in [0.15, 0.2) is 24.4 Å². The van der Waals surface area contributed by atoms with Crippen LogP contribution in [0.2, 0.25) is 0 Å². The van der Waals surface area contributed by atoms with Crippen molar-refractivity contribution in [2.24, 2.45) is 0 Å². The number of ketones is 1. The van der Waals surface area contributed by atoms with Crippen LogP contribution in [0.25, 0.3) is 10.9 Å². The summed E-state index contributed by atoms with van der Waals surface area (Å²) in [6.07, 6.45) is 1.57. The lowest BCUT2D eigenvalue weighted by atomic mass is 10.1. The first-order valence-electron chi connectivity index (χ1n) is 4.48. The smallest absolute Gasteiger partial charge is 0.271 e. The lowest BCUT2D eigenvalue weighted by Gasteiger charge is -1.94. The molecular weight excluding hydrogens is 276 g/mol. The number of Topliss-reactive ketones (excluding diaryl/α,β-unsaturated/α-hetero) is 1. The number of benzene rings is 1. The molecule has 0 saturated carbocycles. The third-order valence-corrected chi connectivity index (χ3v) is 2.81. The Balaban J connectivity index is 2.59. The number of alkyl halides is 1. The third-order valence-electron chi connectivity index (χ3n) is 2.30. The van der Waals surface area contributed by atoms with Crippen LogP contribution in [0.1, 0.15) is 10.4 Å². The molecule has 0 amide bonds. The summed E-state index contributed by atoms with van der Waals surface area (Å²) in [5.41, 5.74) is 1.15. The van der Waals surface area contributed by atoms with E-state index in [0.29, 0.717) is 16.5 Å². The van der Waals surface area contributed by atoms with Crippen molar-refractivity contribution in [2.45, 2.75) is 0 Å². The number of halogens is 1. The molecule has 0 aliphatic heterocycles. The highest BCUT2D eigenvalue weighted by atomic mass is 79.9. The van der Waals surface area contributed by atoms with Gasteiger partial charge in [-0.2, -0.15) is 0 Å². The number of rotatable bonds is 3. The Morgan fingerprint density at radius 3 is 2.88 bits per heavy atom. The highest BCUT2D eigenvalue weighted by molar-refractivity contribution is 9.09. The molecule has 0 bridgehead atoms. The number of nitro benzene ring substituents is 1. The van der Waals surface area contributed by atoms with Crippen molar-refractivity contribution < 1.29 is 9.72 Å². The first kappa shape index (κ1) is 10.8. The molecule has 0 atom stereocenters. The minimum absolute atomic E-state index is 0.00666. The number of non-ortho nitro benzene ring substituents is 1. The van der Waals surface area contributed by atoms with Crippen LogP contribution in [-0.2, 0) is 0 Å². The largest absolute Gasteiger partial charge is 0.360 e. The van der Waals surface area contributed by atoms with Crippen LogP contribution in [-0.4, -0.2) is 21.0 Å². The number of hydrogen-bond acceptors (Lipinski definition) is 3. The Hall–Kier alpha value is -1.69. The molecule has 2 rings (SSSR count). The van der Waals surface area contributed by atoms with Gasteiger partial charge in [-0.1, -0.05) is 15.9 Å². The SMILES string of the molecule is O=C(CBr)c1c[nH]c2cc([N+](=O)[O-])ccc12. The van der Waals surface area contributed by atoms with Gasteiger partial charge in [-0.05, 0) is 6.07 Å². The molecule has 16 heavy (non-hydrogen) atoms. The number of carbonyl (C=O) groups excluding carboxylic acids is 1. The summed E-state index contributed by atoms with van der Waals surface area (Å²) in [4.78, 5) is 24.5. The fourth-order valence-electron chi connectivity index (χ4n) is 1.53. The maximum absolute atomic E-state index is 11.5. The number of nitrogens with zero attached hydrogens (tertiary/aromatic N) is 1. The van der Waals surface area contributed by atoms with Crippen LogP contribution in [0, 0.1) is 10.1 Å². The minimum atomic E-state index is -0.466. The minimum Gasteiger partial charge on any atom is -0.360 e. The van der Waals surface area contributed by atoms with Gasteiger partial charge in [-0.15, -0.1) is 0 Å². The zero-order valence-electron chi connectivity index (χ0n) is 8.07. The Morgan fingerprint density at radius 2 is 2.25 bits per heavy atom. The van der Waals surface area contributed by atoms with Crippen molar-refractivity contribution in [1.29, 1.82) is 0 Å². The average molecular weight is 283 g/mol. The van der Waals surface area contributed by atoms with Crippen LogP contribution >= 0.6 is 15.9 Å². The topological polar surface area (TPSA) is 76.0 Å². The summed E-state index contributed by atoms with van der Waals surface area (Å²) >= 11 is 3.09. The molecule has 82 valence electrons. The van der Waals surface area contributed by atoms with Crippen LogP contribution in [0.5, 0.6) is 0 Å². The Labute approximate surface area is 98.7 Å². The van der Waals surface area contributed by atoms with Crippen molar-refractivity contribution in [1.82, 2.24) is 4.98 Å². The van der Waals surface area contributed by atoms with Gasteiger partial charge in [0.1, 0.15) is 0 Å². The quantitative estimate of drug-likeness (QED) is 0.407. The maximum atomic E-state index is 11.5. The Bertz CT molecular complexity index is 576. The molecule has 0 fully saturated rings. The number of fused-ring (bicyclic) bond motifs is 1. The molecule has 1 heterocycles. The van der Waals surface area contributed by atoms with Gasteiger partial charge < -0.3 is 4.98 Å². The highest BCUT2D eigenvalue weighted by Crippen LogP contribution is 2.23. The molecule has 1 N–H and O–H groups in total. The summed E-state index contributed by atoms with van der Waals surface area (Å²) in [5.74, 6) is -0.0555. The van der Waals surface area contributed by atoms with Crippen molar-refractivity contribution >= 4 is 38.3 Å². The summed E-state index contributed by atoms with van der Waals surface area (Å²) in [6.45, 7) is 0. The molecule has 0 spiro atoms. The Morgan fingerprint density at radius 1 is 1.50 bits per heavy atom. The van der Waals surface area contributed by atoms with Crippen LogP contribution in [0.3, 0.4) is 0 Å². The molecule has 6 heteroatoms. The lowest BCUT2D eigenvalue weighted by molar-refractivity contribution is -0.384. The number of carbonyl (C=O) groups is 1. The molecular formula is C10H7BrN2O3. The van der Waals surface area contributed by atoms with Gasteiger partial charge in [0.15, 0.2) is 5.78 Å². The zero-order valence-corrected chi connectivity index (χ0v) is 9.65. The van der Waals surface area contributed by atoms with Gasteiger partial charge in [0, 0.05) is 29.3 Å². The van der Waals surface area contributed by atoms with Crippen LogP contribution in [0.4, 0.5) is 5.69 Å². The second-order valence-electron chi connectivity index (χ2n) is 3.25. The van der Waals surface area contributed by atoms with Crippen molar-refractivity contribution in [3.05, 3.63) is 40.1 Å². The van der Waals surface area contributed by atoms with Gasteiger partial charge in [0.25, 0.3) is 5.69 Å². The maximum Gasteiger partial charge on any atom is 0.271 e. The summed E-state index contributed by atoms with van der Waals surface area (Å²) in [5, 5.41) is 11.5. The molecule has 2 aromatic rings. The number of H-pyrrole nitrogens is 1. The number of nitrogens with one attached hydrogen (secondary N) is 1. The second-order valence-corrected chi connectivity index (χ2v) is 3.81. The normalized spacial score (nSPS) is 10.6. The fourth-order valence-corrected chi connectivity index (χ4v) is 1.83. The first-order chi connectivity index (χ1) is 7.63. The molecule has 0 saturated heterocycles. The van der Waals surface area contributed by atoms with Crippen molar-refractivity contribution in [3.8, 4) is 0 Å². The van der Waals surface area contributed by atoms with Gasteiger partial charge >= 0.3 is 0 Å². The predicted octanol–water partition coefficient (Wildman–Crippen LogP) is 2.65. The predicted molar refractivity (Wildman–Crippen MR) is 63.1 cm³/mol. The molecule has 0 aliphatic rings. The van der Waals surface area contributed by atoms with E-state index in [2.05, 4.69) is 20.9 Å². The highest BCUT2D eigenvalue weighted by Gasteiger charge is 2.13. The number of nitro groups is 1. The van der Waals surface area contributed by atoms with Gasteiger partial charge in [-0.3, -0.25) is 14.9 Å². The van der Waals surface area contributed by atoms with E-state index in [-0.39, 0.29) is 16.8 Å². The second kappa shape index (κ2) is 4.05. The van der Waals surface area contributed by atoms with Gasteiger partial charge in [0.05, 0.1) is 15.8 Å². The van der Waals surface area contributed by atoms with E-state index in [1.54, 1.807) is 12.3 Å². The number of hydrogen-bond donors (Lipinski definition) is 1. The summed E-state index contributed by atoms with van der Waals surface area (Å²) in [6, 6.07) is 4.39. The van der Waals surface area contributed by atoms with Crippen molar-refractivity contribution in [3.63, 3.8) is 0 Å². The van der Waals surface area contributed by atoms with Gasteiger partial charge in [0.2, 0.25) is 0 Å². The van der Waals surface area contributed by atoms with E-state index >= 15 is 0 Å². The zero-order chi connectivity index (χ0) is 11.7. The van der Waals surface area contributed by atoms with E-state index < -0.39 is 4.92 Å². The number of aromatic amines is 1. The molecule has 0 aliphatic carbocycles. The van der Waals surface area contributed by atoms with Crippen molar-refractivity contribution in [2.75, 3.05) is 5.33 Å². The molecule has 0 radical (unpaired) electrons. The van der Waals surface area contributed by atoms with E-state index in [1.807, 2.05) is 0 Å². The van der Waals surface area contributed by atoms with E-state index in [4.69, 9.17) is 0 Å². The fraction of sp³-hybridized carbons (Fsp3) is 0.100. The summed E-state index contributed by atoms with van der Waals surface area (Å²) in [7, 11) is 0. The Kier molecular flexibility index (Phi) is 2.74. The van der Waals surface area contributed by atoms with E-state index in [9.17, 15) is 14.9 Å². The molecule has 0 unspecified atom stereocenters. The first-order valence-corrected chi connectivity index (χ1v) is 5.60. The third kappa shape index (κ3) is 1.71. The standard InChI is InChI=1S/C10H7BrN2O3/c11-4-10(14)8-5-12-9-3-6(13(15)16)1-2-7(8)9/h1-3,5,12H,4H2. The molecule has 1 aromatic heterocycles. The van der Waals surface area contributed by atoms with Gasteiger partial charge in [-0.25, -0.2) is 0 Å². The van der Waals surface area contributed by atoms with Crippen LogP contribution < -0.4 is 0 Å². The summed E-state index contributed by atoms with van der Waals surface area (Å²) < 4.78 is 0. The molecule has 5 nitrogen and oxygen atoms in total. The van der Waals surface area contributed by atoms with E-state index in [0.717, 1.165) is 0 Å². The average Bonchev–Trinajstić information content (AvgIpc) is 2.70. The monoisotopic (exact) mass is 282 g/mol.